The molecule has 0 radical (unpaired) electrons. The van der Waals surface area contributed by atoms with Crippen LogP contribution < -0.4 is 0 Å². The smallest absolute Gasteiger partial charge is 0.462 e. The highest BCUT2D eigenvalue weighted by atomic mass is 31.2. The first-order valence-corrected chi connectivity index (χ1v) is 36.3. The van der Waals surface area contributed by atoms with Crippen LogP contribution in [0.3, 0.4) is 0 Å². The molecule has 0 amide bonds. The van der Waals surface area contributed by atoms with Crippen molar-refractivity contribution in [2.75, 3.05) is 39.6 Å². The normalized spacial score (nSPS) is 14.5. The summed E-state index contributed by atoms with van der Waals surface area (Å²) in [6, 6.07) is 0. The van der Waals surface area contributed by atoms with Crippen LogP contribution in [-0.2, 0) is 65.4 Å². The molecule has 0 rings (SSSR count). The van der Waals surface area contributed by atoms with Crippen molar-refractivity contribution in [2.24, 2.45) is 11.8 Å². The van der Waals surface area contributed by atoms with Gasteiger partial charge < -0.3 is 33.8 Å². The lowest BCUT2D eigenvalue weighted by Crippen LogP contribution is -2.30. The molecule has 5 atom stereocenters. The van der Waals surface area contributed by atoms with Crippen molar-refractivity contribution in [2.45, 2.75) is 317 Å². The van der Waals surface area contributed by atoms with Crippen molar-refractivity contribution in [3.8, 4) is 0 Å². The number of esters is 4. The van der Waals surface area contributed by atoms with Gasteiger partial charge >= 0.3 is 39.5 Å². The van der Waals surface area contributed by atoms with E-state index in [2.05, 4.69) is 65.8 Å². The lowest BCUT2D eigenvalue weighted by atomic mass is 10.0. The van der Waals surface area contributed by atoms with Crippen molar-refractivity contribution in [3.63, 3.8) is 0 Å². The number of carbonyl (C=O) groups is 4. The summed E-state index contributed by atoms with van der Waals surface area (Å²) in [5.41, 5.74) is 0. The van der Waals surface area contributed by atoms with Gasteiger partial charge in [0, 0.05) is 25.7 Å². The van der Waals surface area contributed by atoms with Crippen LogP contribution in [0.25, 0.3) is 0 Å². The van der Waals surface area contributed by atoms with Crippen LogP contribution in [0.5, 0.6) is 0 Å². The number of hydrogen-bond acceptors (Lipinski definition) is 15. The summed E-state index contributed by atoms with van der Waals surface area (Å²) in [5.74, 6) is -0.713. The number of carbonyl (C=O) groups excluding carboxylic acids is 4. The van der Waals surface area contributed by atoms with E-state index in [1.54, 1.807) is 0 Å². The van der Waals surface area contributed by atoms with Crippen LogP contribution in [0, 0.1) is 11.8 Å². The Morgan fingerprint density at radius 1 is 0.369 bits per heavy atom. The largest absolute Gasteiger partial charge is 0.472 e. The van der Waals surface area contributed by atoms with Gasteiger partial charge in [-0.1, -0.05) is 246 Å². The molecule has 2 unspecified atom stereocenters. The van der Waals surface area contributed by atoms with Crippen molar-refractivity contribution >= 4 is 39.5 Å². The highest BCUT2D eigenvalue weighted by Crippen LogP contribution is 2.45. The Bertz CT molecular complexity index is 1740. The zero-order valence-electron chi connectivity index (χ0n) is 53.7. The zero-order valence-corrected chi connectivity index (χ0v) is 55.5. The minimum atomic E-state index is -4.95. The molecule has 0 saturated heterocycles. The first-order chi connectivity index (χ1) is 40.4. The van der Waals surface area contributed by atoms with Gasteiger partial charge in [-0.25, -0.2) is 9.13 Å². The Balaban J connectivity index is 5.22. The molecule has 0 aromatic rings. The molecule has 0 aliphatic rings. The Hall–Kier alpha value is -2.46. The number of rotatable bonds is 62. The molecule has 0 aromatic carbocycles. The number of unbranched alkanes of at least 4 members (excludes halogenated alkanes) is 29. The van der Waals surface area contributed by atoms with Crippen LogP contribution in [0.2, 0.25) is 0 Å². The average molecular weight is 1240 g/mol. The van der Waals surface area contributed by atoms with Gasteiger partial charge in [-0.2, -0.15) is 0 Å². The molecule has 0 aliphatic heterocycles. The van der Waals surface area contributed by atoms with Gasteiger partial charge in [0.05, 0.1) is 26.4 Å². The molecule has 17 nitrogen and oxygen atoms in total. The first-order valence-electron chi connectivity index (χ1n) is 33.3. The third kappa shape index (κ3) is 58.6. The van der Waals surface area contributed by atoms with E-state index in [4.69, 9.17) is 37.0 Å². The topological polar surface area (TPSA) is 237 Å². The highest BCUT2D eigenvalue weighted by Gasteiger charge is 2.30. The minimum absolute atomic E-state index is 0.0845. The second-order valence-electron chi connectivity index (χ2n) is 23.8. The minimum Gasteiger partial charge on any atom is -0.462 e. The van der Waals surface area contributed by atoms with Crippen molar-refractivity contribution in [1.82, 2.24) is 0 Å². The third-order valence-corrected chi connectivity index (χ3v) is 16.2. The second-order valence-corrected chi connectivity index (χ2v) is 26.7. The van der Waals surface area contributed by atoms with Gasteiger partial charge in [0.2, 0.25) is 0 Å². The van der Waals surface area contributed by atoms with Gasteiger partial charge in [-0.3, -0.25) is 37.3 Å². The van der Waals surface area contributed by atoms with Gasteiger partial charge in [0.25, 0.3) is 0 Å². The van der Waals surface area contributed by atoms with Crippen LogP contribution in [-0.4, -0.2) is 96.7 Å². The van der Waals surface area contributed by atoms with Crippen LogP contribution >= 0.6 is 15.6 Å². The highest BCUT2D eigenvalue weighted by molar-refractivity contribution is 7.47. The van der Waals surface area contributed by atoms with E-state index in [0.29, 0.717) is 31.6 Å². The Morgan fingerprint density at radius 2 is 0.643 bits per heavy atom. The van der Waals surface area contributed by atoms with Crippen molar-refractivity contribution < 1.29 is 80.2 Å². The fourth-order valence-corrected chi connectivity index (χ4v) is 10.7. The maximum atomic E-state index is 13.0. The number of phosphoric ester groups is 2. The summed E-state index contributed by atoms with van der Waals surface area (Å²) in [5, 5.41) is 10.5. The first kappa shape index (κ1) is 81.5. The monoisotopic (exact) mass is 1240 g/mol. The number of phosphoric acid groups is 2. The second kappa shape index (κ2) is 57.0. The molecule has 0 bridgehead atoms. The lowest BCUT2D eigenvalue weighted by Gasteiger charge is -2.21. The van der Waals surface area contributed by atoms with Gasteiger partial charge in [0.15, 0.2) is 12.2 Å². The number of aliphatic hydroxyl groups excluding tert-OH is 1. The maximum Gasteiger partial charge on any atom is 0.472 e. The van der Waals surface area contributed by atoms with E-state index in [1.165, 1.54) is 96.3 Å². The van der Waals surface area contributed by atoms with Crippen LogP contribution in [0.15, 0.2) is 24.3 Å². The van der Waals surface area contributed by atoms with E-state index >= 15 is 0 Å². The molecule has 494 valence electrons. The van der Waals surface area contributed by atoms with Crippen molar-refractivity contribution in [1.29, 1.82) is 0 Å². The Morgan fingerprint density at radius 3 is 0.976 bits per heavy atom. The summed E-state index contributed by atoms with van der Waals surface area (Å²) < 4.78 is 67.8. The summed E-state index contributed by atoms with van der Waals surface area (Å²) in [7, 11) is -9.89. The number of hydrogen-bond donors (Lipinski definition) is 3. The molecule has 0 heterocycles. The number of ether oxygens (including phenoxy) is 4. The molecule has 3 N–H and O–H groups in total. The predicted molar refractivity (Wildman–Crippen MR) is 335 cm³/mol. The molecule has 0 spiro atoms. The maximum absolute atomic E-state index is 13.0. The van der Waals surface area contributed by atoms with E-state index in [1.807, 2.05) is 0 Å². The number of aliphatic hydroxyl groups is 1. The quantitative estimate of drug-likeness (QED) is 0.0169. The van der Waals surface area contributed by atoms with E-state index in [9.17, 15) is 43.2 Å². The Kier molecular flexibility index (Phi) is 55.3. The van der Waals surface area contributed by atoms with Gasteiger partial charge in [0.1, 0.15) is 19.3 Å². The summed E-state index contributed by atoms with van der Waals surface area (Å²) >= 11 is 0. The van der Waals surface area contributed by atoms with E-state index in [-0.39, 0.29) is 25.7 Å². The predicted octanol–water partition coefficient (Wildman–Crippen LogP) is 17.6. The standard InChI is InChI=1S/C65H122O17P2/c1-7-9-11-13-14-15-16-17-18-19-22-26-31-37-43-49-64(69)82-61(54-76-63(68)48-42-36-30-25-23-20-21-24-28-34-39-45-57(3)4)56-80-84(73,74)78-52-59(66)51-77-83(71,72)79-55-60(53-75-62(67)47-41-33-12-10-8-2)81-65(70)50-44-38-32-27-29-35-40-46-58(5)6/h15-18,57-61,66H,7-14,19-56H2,1-6H3,(H,71,72)(H,73,74)/b16-15-,18-17-/t59-,60+,61+/m0/s1. The number of allylic oxidation sites excluding steroid dienone is 4. The van der Waals surface area contributed by atoms with Gasteiger partial charge in [-0.05, 0) is 63.2 Å². The van der Waals surface area contributed by atoms with E-state index < -0.39 is 97.5 Å². The fourth-order valence-electron chi connectivity index (χ4n) is 9.17. The Labute approximate surface area is 510 Å². The zero-order chi connectivity index (χ0) is 62.2. The van der Waals surface area contributed by atoms with Crippen LogP contribution in [0.1, 0.15) is 298 Å². The summed E-state index contributed by atoms with van der Waals surface area (Å²) in [4.78, 5) is 72.0. The van der Waals surface area contributed by atoms with Gasteiger partial charge in [-0.15, -0.1) is 0 Å². The van der Waals surface area contributed by atoms with Crippen LogP contribution in [0.4, 0.5) is 0 Å². The molecule has 0 aliphatic carbocycles. The summed E-state index contributed by atoms with van der Waals surface area (Å²) in [6.45, 7) is 9.28. The molecule has 19 heteroatoms. The molecule has 0 aromatic heterocycles. The average Bonchev–Trinajstić information content (AvgIpc) is 3.60. The van der Waals surface area contributed by atoms with E-state index in [0.717, 1.165) is 115 Å². The third-order valence-electron chi connectivity index (χ3n) is 14.3. The fraction of sp³-hybridized carbons (Fsp3) is 0.877. The molecular formula is C65H122O17P2. The summed E-state index contributed by atoms with van der Waals surface area (Å²) in [6.07, 6.45) is 43.0. The molecule has 0 saturated carbocycles. The molecular weight excluding hydrogens is 1110 g/mol. The lowest BCUT2D eigenvalue weighted by molar-refractivity contribution is -0.161. The SMILES string of the molecule is CCCCCC/C=C\C=C/CCCCCCCC(=O)O[C@H](COC(=O)CCCCCCCCCCCCCC(C)C)COP(=O)(O)OC[C@@H](O)COP(=O)(O)OC[C@@H](COC(=O)CCCCCCC)OC(=O)CCCCCCCCCC(C)C. The molecule has 84 heavy (non-hydrogen) atoms. The molecule has 0 fully saturated rings. The van der Waals surface area contributed by atoms with Crippen molar-refractivity contribution in [3.05, 3.63) is 24.3 Å².